The average Bonchev–Trinajstić information content (AvgIpc) is 2.88. The van der Waals surface area contributed by atoms with Gasteiger partial charge in [-0.05, 0) is 19.1 Å². The van der Waals surface area contributed by atoms with E-state index < -0.39 is 5.25 Å². The van der Waals surface area contributed by atoms with Crippen molar-refractivity contribution in [2.24, 2.45) is 0 Å². The number of anilines is 1. The highest BCUT2D eigenvalue weighted by atomic mass is 35.5. The van der Waals surface area contributed by atoms with Gasteiger partial charge in [0.1, 0.15) is 5.69 Å². The lowest BCUT2D eigenvalue weighted by molar-refractivity contribution is -0.118. The molecule has 2 aromatic heterocycles. The first-order valence-corrected chi connectivity index (χ1v) is 7.76. The number of amides is 1. The molecule has 0 spiro atoms. The second-order valence-electron chi connectivity index (χ2n) is 4.61. The Hall–Kier alpha value is -1.86. The summed E-state index contributed by atoms with van der Waals surface area (Å²) in [6, 6.07) is 3.61. The van der Waals surface area contributed by atoms with Crippen molar-refractivity contribution < 1.29 is 9.59 Å². The van der Waals surface area contributed by atoms with Crippen molar-refractivity contribution in [2.75, 3.05) is 11.9 Å². The van der Waals surface area contributed by atoms with Crippen LogP contribution in [0.1, 0.15) is 13.8 Å². The van der Waals surface area contributed by atoms with E-state index in [4.69, 9.17) is 11.6 Å². The normalized spacial score (nSPS) is 12.0. The van der Waals surface area contributed by atoms with E-state index in [0.29, 0.717) is 5.69 Å². The molecule has 2 heterocycles. The van der Waals surface area contributed by atoms with E-state index in [2.05, 4.69) is 10.1 Å². The van der Waals surface area contributed by atoms with Gasteiger partial charge in [-0.2, -0.15) is 5.10 Å². The highest BCUT2D eigenvalue weighted by molar-refractivity contribution is 8.14. The zero-order valence-corrected chi connectivity index (χ0v) is 13.9. The SMILES string of the molecule is CC(=O)SC(C)C(=O)N(C)c1cn(-c2cccnc2)nc1Cl. The van der Waals surface area contributed by atoms with Gasteiger partial charge in [0.15, 0.2) is 10.3 Å². The molecule has 2 rings (SSSR count). The minimum absolute atomic E-state index is 0.105. The summed E-state index contributed by atoms with van der Waals surface area (Å²) in [6.45, 7) is 3.12. The first-order chi connectivity index (χ1) is 10.4. The van der Waals surface area contributed by atoms with Gasteiger partial charge in [0.2, 0.25) is 5.91 Å². The molecule has 0 radical (unpaired) electrons. The Bertz CT molecular complexity index is 689. The van der Waals surface area contributed by atoms with Crippen LogP contribution >= 0.6 is 23.4 Å². The molecular formula is C14H15ClN4O2S. The number of hydrogen-bond acceptors (Lipinski definition) is 5. The van der Waals surface area contributed by atoms with Crippen LogP contribution in [0.25, 0.3) is 5.69 Å². The molecule has 0 saturated carbocycles. The molecule has 1 amide bonds. The summed E-state index contributed by atoms with van der Waals surface area (Å²) in [7, 11) is 1.61. The van der Waals surface area contributed by atoms with Crippen molar-refractivity contribution in [2.45, 2.75) is 19.1 Å². The predicted molar refractivity (Wildman–Crippen MR) is 87.5 cm³/mol. The zero-order chi connectivity index (χ0) is 16.3. The maximum absolute atomic E-state index is 12.3. The second-order valence-corrected chi connectivity index (χ2v) is 6.49. The number of rotatable bonds is 4. The molecule has 0 aliphatic heterocycles. The third kappa shape index (κ3) is 3.66. The van der Waals surface area contributed by atoms with Crippen molar-refractivity contribution in [3.05, 3.63) is 35.9 Å². The second kappa shape index (κ2) is 6.93. The summed E-state index contributed by atoms with van der Waals surface area (Å²) in [5, 5.41) is 3.80. The molecule has 2 aromatic rings. The van der Waals surface area contributed by atoms with Gasteiger partial charge in [0, 0.05) is 20.2 Å². The van der Waals surface area contributed by atoms with E-state index in [1.165, 1.54) is 11.8 Å². The minimum Gasteiger partial charge on any atom is -0.310 e. The van der Waals surface area contributed by atoms with Crippen molar-refractivity contribution in [3.8, 4) is 5.69 Å². The topological polar surface area (TPSA) is 68.1 Å². The molecule has 0 aliphatic rings. The van der Waals surface area contributed by atoms with Crippen LogP contribution in [0.15, 0.2) is 30.7 Å². The Balaban J connectivity index is 2.24. The fourth-order valence-electron chi connectivity index (χ4n) is 1.88. The van der Waals surface area contributed by atoms with Gasteiger partial charge in [0.05, 0.1) is 23.3 Å². The van der Waals surface area contributed by atoms with Crippen LogP contribution in [-0.2, 0) is 9.59 Å². The number of aromatic nitrogens is 3. The van der Waals surface area contributed by atoms with E-state index in [9.17, 15) is 9.59 Å². The van der Waals surface area contributed by atoms with Crippen LogP contribution in [0.3, 0.4) is 0 Å². The molecule has 1 atom stereocenters. The lowest BCUT2D eigenvalue weighted by Gasteiger charge is -2.19. The van der Waals surface area contributed by atoms with Crippen LogP contribution in [-0.4, -0.2) is 38.1 Å². The molecule has 8 heteroatoms. The standard InChI is InChI=1S/C14H15ClN4O2S/c1-9(22-10(2)20)14(21)18(3)12-8-19(17-13(12)15)11-5-4-6-16-7-11/h4-9H,1-3H3. The first kappa shape index (κ1) is 16.5. The number of carbonyl (C=O) groups is 2. The number of thioether (sulfide) groups is 1. The molecule has 0 aliphatic carbocycles. The van der Waals surface area contributed by atoms with Gasteiger partial charge in [-0.25, -0.2) is 4.68 Å². The van der Waals surface area contributed by atoms with E-state index in [-0.39, 0.29) is 16.2 Å². The summed E-state index contributed by atoms with van der Waals surface area (Å²) < 4.78 is 1.55. The average molecular weight is 339 g/mol. The highest BCUT2D eigenvalue weighted by Gasteiger charge is 2.24. The molecule has 22 heavy (non-hydrogen) atoms. The van der Waals surface area contributed by atoms with Crippen molar-refractivity contribution >= 4 is 40.1 Å². The Morgan fingerprint density at radius 3 is 2.77 bits per heavy atom. The predicted octanol–water partition coefficient (Wildman–Crippen LogP) is 2.55. The molecule has 6 nitrogen and oxygen atoms in total. The van der Waals surface area contributed by atoms with Gasteiger partial charge in [-0.15, -0.1) is 0 Å². The fourth-order valence-corrected chi connectivity index (χ4v) is 2.89. The van der Waals surface area contributed by atoms with Crippen molar-refractivity contribution in [3.63, 3.8) is 0 Å². The third-order valence-corrected chi connectivity index (χ3v) is 4.10. The molecule has 0 bridgehead atoms. The summed E-state index contributed by atoms with van der Waals surface area (Å²) in [4.78, 5) is 28.9. The molecule has 0 saturated heterocycles. The van der Waals surface area contributed by atoms with E-state index in [0.717, 1.165) is 17.4 Å². The molecule has 0 N–H and O–H groups in total. The largest absolute Gasteiger partial charge is 0.310 e. The molecule has 1 unspecified atom stereocenters. The maximum atomic E-state index is 12.3. The zero-order valence-electron chi connectivity index (χ0n) is 12.4. The third-order valence-electron chi connectivity index (χ3n) is 2.94. The van der Waals surface area contributed by atoms with Gasteiger partial charge >= 0.3 is 0 Å². The van der Waals surface area contributed by atoms with Gasteiger partial charge in [-0.1, -0.05) is 23.4 Å². The summed E-state index contributed by atoms with van der Waals surface area (Å²) in [5.41, 5.74) is 1.22. The summed E-state index contributed by atoms with van der Waals surface area (Å²) in [5.74, 6) is -0.215. The number of halogens is 1. The van der Waals surface area contributed by atoms with E-state index in [1.54, 1.807) is 43.3 Å². The molecule has 0 aromatic carbocycles. The Kier molecular flexibility index (Phi) is 5.20. The first-order valence-electron chi connectivity index (χ1n) is 6.50. The number of pyridine rings is 1. The quantitative estimate of drug-likeness (QED) is 0.857. The summed E-state index contributed by atoms with van der Waals surface area (Å²) in [6.07, 6.45) is 4.96. The minimum atomic E-state index is -0.486. The van der Waals surface area contributed by atoms with Crippen LogP contribution in [0.2, 0.25) is 5.15 Å². The Labute approximate surface area is 137 Å². The highest BCUT2D eigenvalue weighted by Crippen LogP contribution is 2.27. The van der Waals surface area contributed by atoms with E-state index in [1.807, 2.05) is 6.07 Å². The Morgan fingerprint density at radius 2 is 2.18 bits per heavy atom. The van der Waals surface area contributed by atoms with Crippen molar-refractivity contribution in [1.29, 1.82) is 0 Å². The van der Waals surface area contributed by atoms with Crippen LogP contribution in [0.4, 0.5) is 5.69 Å². The number of carbonyl (C=O) groups excluding carboxylic acids is 2. The van der Waals surface area contributed by atoms with Crippen LogP contribution in [0.5, 0.6) is 0 Å². The molecule has 116 valence electrons. The van der Waals surface area contributed by atoms with Crippen molar-refractivity contribution in [1.82, 2.24) is 14.8 Å². The van der Waals surface area contributed by atoms with Gasteiger partial charge < -0.3 is 4.90 Å². The van der Waals surface area contributed by atoms with Crippen LogP contribution < -0.4 is 4.90 Å². The fraction of sp³-hybridized carbons (Fsp3) is 0.286. The monoisotopic (exact) mass is 338 g/mol. The van der Waals surface area contributed by atoms with Gasteiger partial charge in [-0.3, -0.25) is 14.6 Å². The Morgan fingerprint density at radius 1 is 1.45 bits per heavy atom. The number of nitrogens with zero attached hydrogens (tertiary/aromatic N) is 4. The smallest absolute Gasteiger partial charge is 0.240 e. The van der Waals surface area contributed by atoms with E-state index >= 15 is 0 Å². The maximum Gasteiger partial charge on any atom is 0.240 e. The summed E-state index contributed by atoms with van der Waals surface area (Å²) >= 11 is 7.11. The molecule has 0 fully saturated rings. The van der Waals surface area contributed by atoms with Gasteiger partial charge in [0.25, 0.3) is 0 Å². The number of hydrogen-bond donors (Lipinski definition) is 0. The lowest BCUT2D eigenvalue weighted by atomic mass is 10.3. The molecular weight excluding hydrogens is 324 g/mol. The lowest BCUT2D eigenvalue weighted by Crippen LogP contribution is -2.33. The van der Waals surface area contributed by atoms with Crippen LogP contribution in [0, 0.1) is 0 Å².